The van der Waals surface area contributed by atoms with Crippen LogP contribution in [0.4, 0.5) is 13.2 Å². The van der Waals surface area contributed by atoms with Gasteiger partial charge >= 0.3 is 6.18 Å². The summed E-state index contributed by atoms with van der Waals surface area (Å²) in [7, 11) is 0. The normalized spacial score (nSPS) is 17.0. The highest BCUT2D eigenvalue weighted by Gasteiger charge is 2.30. The van der Waals surface area contributed by atoms with Crippen LogP contribution >= 0.6 is 24.0 Å². The zero-order valence-corrected chi connectivity index (χ0v) is 16.0. The number of benzene rings is 1. The standard InChI is InChI=1S/C16H22F3N3O2.HI/c17-16(18,19)12-5-4-6-14(9-12)24-11-13(23)10-21-15(20)22-7-2-1-3-8-22;/h4-6,9,13,23H,1-3,7-8,10-11H2,(H2,20,21);1H. The molecule has 1 aliphatic heterocycles. The van der Waals surface area contributed by atoms with Crippen molar-refractivity contribution in [3.63, 3.8) is 0 Å². The molecule has 1 aromatic rings. The van der Waals surface area contributed by atoms with Gasteiger partial charge in [0.15, 0.2) is 5.96 Å². The average molecular weight is 473 g/mol. The van der Waals surface area contributed by atoms with Crippen molar-refractivity contribution in [1.29, 1.82) is 0 Å². The predicted molar refractivity (Wildman–Crippen MR) is 100 cm³/mol. The minimum Gasteiger partial charge on any atom is -0.491 e. The summed E-state index contributed by atoms with van der Waals surface area (Å²) in [4.78, 5) is 6.09. The van der Waals surface area contributed by atoms with Crippen molar-refractivity contribution in [2.24, 2.45) is 10.7 Å². The number of nitrogens with two attached hydrogens (primary N) is 1. The summed E-state index contributed by atoms with van der Waals surface area (Å²) in [6.45, 7) is 1.59. The molecule has 2 rings (SSSR count). The van der Waals surface area contributed by atoms with Crippen molar-refractivity contribution in [2.75, 3.05) is 26.2 Å². The molecular formula is C16H23F3IN3O2. The van der Waals surface area contributed by atoms with Crippen LogP contribution in [0.25, 0.3) is 0 Å². The lowest BCUT2D eigenvalue weighted by Crippen LogP contribution is -2.41. The summed E-state index contributed by atoms with van der Waals surface area (Å²) in [6.07, 6.45) is -2.06. The van der Waals surface area contributed by atoms with E-state index in [0.29, 0.717) is 5.96 Å². The third-order valence-electron chi connectivity index (χ3n) is 3.75. The van der Waals surface area contributed by atoms with Crippen molar-refractivity contribution < 1.29 is 23.0 Å². The minimum absolute atomic E-state index is 0. The number of hydrogen-bond acceptors (Lipinski definition) is 3. The van der Waals surface area contributed by atoms with Crippen LogP contribution in [0.2, 0.25) is 0 Å². The number of guanidine groups is 1. The van der Waals surface area contributed by atoms with Crippen LogP contribution in [-0.4, -0.2) is 48.3 Å². The van der Waals surface area contributed by atoms with E-state index >= 15 is 0 Å². The maximum atomic E-state index is 12.6. The zero-order valence-electron chi connectivity index (χ0n) is 13.7. The number of nitrogens with zero attached hydrogens (tertiary/aromatic N) is 2. The number of rotatable bonds is 5. The van der Waals surface area contributed by atoms with Gasteiger partial charge in [0.1, 0.15) is 18.5 Å². The number of aliphatic imine (C=N–C) groups is 1. The van der Waals surface area contributed by atoms with E-state index in [0.717, 1.165) is 38.1 Å². The number of ether oxygens (including phenoxy) is 1. The van der Waals surface area contributed by atoms with Gasteiger partial charge in [-0.05, 0) is 37.5 Å². The van der Waals surface area contributed by atoms with Gasteiger partial charge in [-0.2, -0.15) is 13.2 Å². The Balaban J connectivity index is 0.00000312. The van der Waals surface area contributed by atoms with E-state index in [9.17, 15) is 18.3 Å². The zero-order chi connectivity index (χ0) is 17.6. The molecule has 0 aliphatic carbocycles. The number of likely N-dealkylation sites (tertiary alicyclic amines) is 1. The fraction of sp³-hybridized carbons (Fsp3) is 0.562. The van der Waals surface area contributed by atoms with Gasteiger partial charge in [0, 0.05) is 13.1 Å². The van der Waals surface area contributed by atoms with E-state index in [4.69, 9.17) is 10.5 Å². The van der Waals surface area contributed by atoms with Crippen LogP contribution in [-0.2, 0) is 6.18 Å². The molecule has 3 N–H and O–H groups in total. The topological polar surface area (TPSA) is 71.1 Å². The van der Waals surface area contributed by atoms with Crippen LogP contribution in [0, 0.1) is 0 Å². The van der Waals surface area contributed by atoms with Gasteiger partial charge in [0.25, 0.3) is 0 Å². The van der Waals surface area contributed by atoms with Crippen molar-refractivity contribution in [3.8, 4) is 5.75 Å². The lowest BCUT2D eigenvalue weighted by atomic mass is 10.1. The van der Waals surface area contributed by atoms with E-state index in [1.807, 2.05) is 4.90 Å². The molecule has 0 aromatic heterocycles. The molecule has 1 heterocycles. The van der Waals surface area contributed by atoms with Gasteiger partial charge in [0.05, 0.1) is 12.1 Å². The molecule has 1 saturated heterocycles. The molecule has 1 unspecified atom stereocenters. The predicted octanol–water partition coefficient (Wildman–Crippen LogP) is 2.86. The van der Waals surface area contributed by atoms with E-state index in [1.165, 1.54) is 18.6 Å². The van der Waals surface area contributed by atoms with Crippen molar-refractivity contribution in [1.82, 2.24) is 4.90 Å². The first-order chi connectivity index (χ1) is 11.4. The summed E-state index contributed by atoms with van der Waals surface area (Å²) in [5.41, 5.74) is 5.08. The Hall–Kier alpha value is -1.23. The highest BCUT2D eigenvalue weighted by atomic mass is 127. The van der Waals surface area contributed by atoms with Crippen LogP contribution in [0.3, 0.4) is 0 Å². The summed E-state index contributed by atoms with van der Waals surface area (Å²) >= 11 is 0. The molecule has 1 aromatic carbocycles. The summed E-state index contributed by atoms with van der Waals surface area (Å²) < 4.78 is 43.0. The first-order valence-electron chi connectivity index (χ1n) is 7.89. The van der Waals surface area contributed by atoms with Crippen molar-refractivity contribution in [3.05, 3.63) is 29.8 Å². The number of halogens is 4. The molecule has 0 spiro atoms. The lowest BCUT2D eigenvalue weighted by molar-refractivity contribution is -0.137. The van der Waals surface area contributed by atoms with Gasteiger partial charge in [-0.3, -0.25) is 4.99 Å². The second kappa shape index (κ2) is 10.0. The summed E-state index contributed by atoms with van der Waals surface area (Å²) in [5, 5.41) is 9.86. The Morgan fingerprint density at radius 1 is 1.28 bits per heavy atom. The number of aliphatic hydroxyl groups excluding tert-OH is 1. The Kier molecular flexibility index (Phi) is 8.77. The third kappa shape index (κ3) is 7.27. The fourth-order valence-electron chi connectivity index (χ4n) is 2.43. The summed E-state index contributed by atoms with van der Waals surface area (Å²) in [6, 6.07) is 4.54. The van der Waals surface area contributed by atoms with Crippen molar-refractivity contribution >= 4 is 29.9 Å². The van der Waals surface area contributed by atoms with Crippen LogP contribution in [0.5, 0.6) is 5.75 Å². The van der Waals surface area contributed by atoms with Gasteiger partial charge in [-0.15, -0.1) is 24.0 Å². The fourth-order valence-corrected chi connectivity index (χ4v) is 2.43. The molecule has 1 fully saturated rings. The Labute approximate surface area is 162 Å². The molecule has 0 bridgehead atoms. The lowest BCUT2D eigenvalue weighted by Gasteiger charge is -2.27. The van der Waals surface area contributed by atoms with Gasteiger partial charge in [-0.1, -0.05) is 6.07 Å². The number of aliphatic hydroxyl groups is 1. The van der Waals surface area contributed by atoms with E-state index in [1.54, 1.807) is 0 Å². The van der Waals surface area contributed by atoms with Crippen molar-refractivity contribution in [2.45, 2.75) is 31.5 Å². The molecule has 1 atom stereocenters. The Bertz CT molecular complexity index is 564. The number of hydrogen-bond donors (Lipinski definition) is 2. The van der Waals surface area contributed by atoms with Crippen LogP contribution < -0.4 is 10.5 Å². The Morgan fingerprint density at radius 3 is 2.60 bits per heavy atom. The highest BCUT2D eigenvalue weighted by Crippen LogP contribution is 2.31. The molecule has 1 aliphatic rings. The molecule has 5 nitrogen and oxygen atoms in total. The molecule has 0 amide bonds. The van der Waals surface area contributed by atoms with Crippen LogP contribution in [0.15, 0.2) is 29.3 Å². The van der Waals surface area contributed by atoms with E-state index in [-0.39, 0.29) is 42.9 Å². The SMILES string of the molecule is I.NC(=NCC(O)COc1cccc(C(F)(F)F)c1)N1CCCCC1. The van der Waals surface area contributed by atoms with E-state index < -0.39 is 17.8 Å². The average Bonchev–Trinajstić information content (AvgIpc) is 2.58. The van der Waals surface area contributed by atoms with Gasteiger partial charge < -0.3 is 20.5 Å². The molecule has 25 heavy (non-hydrogen) atoms. The van der Waals surface area contributed by atoms with E-state index in [2.05, 4.69) is 4.99 Å². The maximum Gasteiger partial charge on any atom is 0.416 e. The smallest absolute Gasteiger partial charge is 0.416 e. The van der Waals surface area contributed by atoms with Crippen LogP contribution in [0.1, 0.15) is 24.8 Å². The molecule has 0 saturated carbocycles. The van der Waals surface area contributed by atoms with Gasteiger partial charge in [-0.25, -0.2) is 0 Å². The molecule has 9 heteroatoms. The maximum absolute atomic E-state index is 12.6. The largest absolute Gasteiger partial charge is 0.491 e. The second-order valence-electron chi connectivity index (χ2n) is 5.74. The Morgan fingerprint density at radius 2 is 1.96 bits per heavy atom. The molecular weight excluding hydrogens is 450 g/mol. The summed E-state index contributed by atoms with van der Waals surface area (Å²) in [5.74, 6) is 0.435. The minimum atomic E-state index is -4.43. The quantitative estimate of drug-likeness (QED) is 0.392. The molecule has 142 valence electrons. The molecule has 0 radical (unpaired) electrons. The van der Waals surface area contributed by atoms with Gasteiger partial charge in [0.2, 0.25) is 0 Å². The third-order valence-corrected chi connectivity index (χ3v) is 3.75. The first kappa shape index (κ1) is 21.8. The number of piperidine rings is 1. The highest BCUT2D eigenvalue weighted by molar-refractivity contribution is 14.0. The second-order valence-corrected chi connectivity index (χ2v) is 5.74. The first-order valence-corrected chi connectivity index (χ1v) is 7.89. The monoisotopic (exact) mass is 473 g/mol. The number of alkyl halides is 3.